The lowest BCUT2D eigenvalue weighted by molar-refractivity contribution is -0.122. The van der Waals surface area contributed by atoms with Gasteiger partial charge in [0.1, 0.15) is 15.8 Å². The molecule has 1 saturated heterocycles. The van der Waals surface area contributed by atoms with Crippen LogP contribution in [-0.2, 0) is 11.3 Å². The molecule has 1 amide bonds. The van der Waals surface area contributed by atoms with Crippen molar-refractivity contribution in [3.63, 3.8) is 0 Å². The van der Waals surface area contributed by atoms with Crippen LogP contribution in [0, 0.1) is 0 Å². The normalized spacial score (nSPS) is 15.2. The van der Waals surface area contributed by atoms with Crippen molar-refractivity contribution in [3.8, 4) is 11.3 Å². The second-order valence-corrected chi connectivity index (χ2v) is 8.59. The Morgan fingerprint density at radius 2 is 1.80 bits per heavy atom. The number of aromatic carboxylic acids is 1. The summed E-state index contributed by atoms with van der Waals surface area (Å²) in [5.74, 6) is -0.0693. The van der Waals surface area contributed by atoms with E-state index in [0.717, 1.165) is 11.1 Å². The first-order valence-corrected chi connectivity index (χ1v) is 10.4. The highest BCUT2D eigenvalue weighted by Crippen LogP contribution is 2.34. The summed E-state index contributed by atoms with van der Waals surface area (Å²) < 4.78 is 6.30. The van der Waals surface area contributed by atoms with Crippen molar-refractivity contribution in [1.29, 1.82) is 0 Å². The van der Waals surface area contributed by atoms with Crippen molar-refractivity contribution in [2.45, 2.75) is 6.54 Å². The maximum Gasteiger partial charge on any atom is 0.335 e. The first-order valence-electron chi connectivity index (χ1n) is 8.84. The third kappa shape index (κ3) is 4.33. The van der Waals surface area contributed by atoms with Crippen LogP contribution in [0.15, 0.2) is 70.0 Å². The second-order valence-electron chi connectivity index (χ2n) is 6.48. The Labute approximate surface area is 186 Å². The number of benzene rings is 2. The molecule has 2 heterocycles. The Morgan fingerprint density at radius 1 is 1.10 bits per heavy atom. The predicted molar refractivity (Wildman–Crippen MR) is 121 cm³/mol. The average molecular weight is 456 g/mol. The Kier molecular flexibility index (Phi) is 5.76. The summed E-state index contributed by atoms with van der Waals surface area (Å²) in [6.07, 6.45) is 1.66. The van der Waals surface area contributed by atoms with Crippen LogP contribution in [0.1, 0.15) is 21.7 Å². The van der Waals surface area contributed by atoms with Crippen molar-refractivity contribution in [1.82, 2.24) is 4.90 Å². The number of thioether (sulfide) groups is 1. The molecule has 1 N–H and O–H groups in total. The van der Waals surface area contributed by atoms with E-state index < -0.39 is 5.97 Å². The molecule has 0 spiro atoms. The summed E-state index contributed by atoms with van der Waals surface area (Å²) in [7, 11) is 0. The van der Waals surface area contributed by atoms with Crippen molar-refractivity contribution in [2.75, 3.05) is 0 Å². The molecule has 0 aliphatic carbocycles. The van der Waals surface area contributed by atoms with Gasteiger partial charge in [0, 0.05) is 16.7 Å². The third-order valence-corrected chi connectivity index (χ3v) is 6.07. The molecule has 0 unspecified atom stereocenters. The number of furan rings is 1. The maximum absolute atomic E-state index is 12.8. The standard InChI is InChI=1S/C22H14ClNO4S2/c23-16-7-1-13(2-8-16)12-24-20(25)19(30-22(24)29)11-17-9-10-18(28-17)14-3-5-15(6-4-14)21(26)27/h1-11H,12H2,(H,26,27)/b19-11-. The number of nitrogens with zero attached hydrogens (tertiary/aromatic N) is 1. The third-order valence-electron chi connectivity index (χ3n) is 4.44. The first kappa shape index (κ1) is 20.4. The molecule has 8 heteroatoms. The molecule has 0 atom stereocenters. The fraction of sp³-hybridized carbons (Fsp3) is 0.0455. The minimum absolute atomic E-state index is 0.177. The lowest BCUT2D eigenvalue weighted by Gasteiger charge is -2.14. The molecule has 1 fully saturated rings. The number of carbonyl (C=O) groups is 2. The SMILES string of the molecule is O=C(O)c1ccc(-c2ccc(/C=C3\SC(=S)N(Cc4ccc(Cl)cc4)C3=O)o2)cc1. The van der Waals surface area contributed by atoms with Gasteiger partial charge < -0.3 is 9.52 Å². The lowest BCUT2D eigenvalue weighted by atomic mass is 10.1. The van der Waals surface area contributed by atoms with Crippen molar-refractivity contribution >= 4 is 57.9 Å². The number of rotatable bonds is 5. The number of carboxylic acids is 1. The van der Waals surface area contributed by atoms with E-state index in [9.17, 15) is 9.59 Å². The van der Waals surface area contributed by atoms with Crippen LogP contribution >= 0.6 is 35.6 Å². The molecule has 1 aliphatic heterocycles. The highest BCUT2D eigenvalue weighted by Gasteiger charge is 2.32. The van der Waals surface area contributed by atoms with Gasteiger partial charge in [-0.1, -0.05) is 59.8 Å². The van der Waals surface area contributed by atoms with Crippen LogP contribution in [0.25, 0.3) is 17.4 Å². The zero-order chi connectivity index (χ0) is 21.3. The van der Waals surface area contributed by atoms with Gasteiger partial charge in [0.15, 0.2) is 0 Å². The van der Waals surface area contributed by atoms with Gasteiger partial charge in [-0.2, -0.15) is 0 Å². The zero-order valence-electron chi connectivity index (χ0n) is 15.4. The first-order chi connectivity index (χ1) is 14.4. The Morgan fingerprint density at radius 3 is 2.47 bits per heavy atom. The van der Waals surface area contributed by atoms with E-state index in [1.54, 1.807) is 47.4 Å². The number of amides is 1. The molecular formula is C22H14ClNO4S2. The molecule has 2 aromatic carbocycles. The number of hydrogen-bond acceptors (Lipinski definition) is 5. The van der Waals surface area contributed by atoms with Gasteiger partial charge >= 0.3 is 5.97 Å². The number of carboxylic acid groups (broad SMARTS) is 1. The Balaban J connectivity index is 1.51. The van der Waals surface area contributed by atoms with E-state index in [0.29, 0.717) is 32.3 Å². The molecule has 0 saturated carbocycles. The molecule has 0 radical (unpaired) electrons. The number of halogens is 1. The van der Waals surface area contributed by atoms with Crippen LogP contribution in [-0.4, -0.2) is 26.2 Å². The molecule has 3 aromatic rings. The van der Waals surface area contributed by atoms with E-state index in [4.69, 9.17) is 33.3 Å². The van der Waals surface area contributed by atoms with Gasteiger partial charge in [0.25, 0.3) is 5.91 Å². The predicted octanol–water partition coefficient (Wildman–Crippen LogP) is 5.70. The van der Waals surface area contributed by atoms with Crippen LogP contribution < -0.4 is 0 Å². The monoisotopic (exact) mass is 455 g/mol. The minimum Gasteiger partial charge on any atom is -0.478 e. The molecular weight excluding hydrogens is 442 g/mol. The molecule has 1 aliphatic rings. The summed E-state index contributed by atoms with van der Waals surface area (Å²) in [6, 6.07) is 17.2. The lowest BCUT2D eigenvalue weighted by Crippen LogP contribution is -2.27. The van der Waals surface area contributed by atoms with E-state index >= 15 is 0 Å². The number of hydrogen-bond donors (Lipinski definition) is 1. The second kappa shape index (κ2) is 8.47. The van der Waals surface area contributed by atoms with Gasteiger partial charge in [-0.3, -0.25) is 9.69 Å². The number of carbonyl (C=O) groups excluding carboxylic acids is 1. The van der Waals surface area contributed by atoms with Crippen LogP contribution in [0.3, 0.4) is 0 Å². The molecule has 150 valence electrons. The number of thiocarbonyl (C=S) groups is 1. The van der Waals surface area contributed by atoms with Crippen LogP contribution in [0.2, 0.25) is 5.02 Å². The summed E-state index contributed by atoms with van der Waals surface area (Å²) in [4.78, 5) is 25.8. The van der Waals surface area contributed by atoms with E-state index in [1.807, 2.05) is 12.1 Å². The Bertz CT molecular complexity index is 1170. The highest BCUT2D eigenvalue weighted by molar-refractivity contribution is 8.26. The summed E-state index contributed by atoms with van der Waals surface area (Å²) in [5.41, 5.74) is 1.88. The van der Waals surface area contributed by atoms with Crippen LogP contribution in [0.4, 0.5) is 0 Å². The largest absolute Gasteiger partial charge is 0.478 e. The van der Waals surface area contributed by atoms with E-state index in [2.05, 4.69) is 0 Å². The topological polar surface area (TPSA) is 70.8 Å². The molecule has 1 aromatic heterocycles. The molecule has 4 rings (SSSR count). The fourth-order valence-electron chi connectivity index (χ4n) is 2.90. The van der Waals surface area contributed by atoms with Crippen molar-refractivity contribution in [2.24, 2.45) is 0 Å². The van der Waals surface area contributed by atoms with Gasteiger partial charge in [0.05, 0.1) is 17.0 Å². The van der Waals surface area contributed by atoms with Gasteiger partial charge in [-0.25, -0.2) is 4.79 Å². The molecule has 0 bridgehead atoms. The van der Waals surface area contributed by atoms with Crippen LogP contribution in [0.5, 0.6) is 0 Å². The van der Waals surface area contributed by atoms with Gasteiger partial charge in [-0.15, -0.1) is 0 Å². The molecule has 5 nitrogen and oxygen atoms in total. The van der Waals surface area contributed by atoms with Crippen molar-refractivity contribution < 1.29 is 19.1 Å². The molecule has 30 heavy (non-hydrogen) atoms. The van der Waals surface area contributed by atoms with Crippen molar-refractivity contribution in [3.05, 3.63) is 87.5 Å². The van der Waals surface area contributed by atoms with E-state index in [-0.39, 0.29) is 11.5 Å². The summed E-state index contributed by atoms with van der Waals surface area (Å²) in [5, 5.41) is 9.63. The van der Waals surface area contributed by atoms with Gasteiger partial charge in [-0.05, 0) is 42.0 Å². The average Bonchev–Trinajstić information content (AvgIpc) is 3.30. The summed E-state index contributed by atoms with van der Waals surface area (Å²) >= 11 is 12.5. The maximum atomic E-state index is 12.8. The quantitative estimate of drug-likeness (QED) is 0.393. The summed E-state index contributed by atoms with van der Waals surface area (Å²) in [6.45, 7) is 0.374. The zero-order valence-corrected chi connectivity index (χ0v) is 17.8. The van der Waals surface area contributed by atoms with Gasteiger partial charge in [0.2, 0.25) is 0 Å². The smallest absolute Gasteiger partial charge is 0.335 e. The minimum atomic E-state index is -0.984. The van der Waals surface area contributed by atoms with E-state index in [1.165, 1.54) is 23.9 Å². The Hall–Kier alpha value is -2.87. The fourth-order valence-corrected chi connectivity index (χ4v) is 4.26. The highest BCUT2D eigenvalue weighted by atomic mass is 35.5.